The summed E-state index contributed by atoms with van der Waals surface area (Å²) in [5.41, 5.74) is 0.210. The van der Waals surface area contributed by atoms with Crippen molar-refractivity contribution in [3.8, 4) is 11.5 Å². The Morgan fingerprint density at radius 2 is 1.81 bits per heavy atom. The Labute approximate surface area is 153 Å². The standard InChI is InChI=1S/C20H23N3O3/c24-18(23-14-5-2-6-15-23)11-13-22-20(25)19-17(10-7-12-21-19)26-16-8-3-1-4-9-16/h1,3-4,7-10,12H,2,5-6,11,13-15H2,(H,22,25). The zero-order valence-electron chi connectivity index (χ0n) is 14.7. The molecule has 136 valence electrons. The second kappa shape index (κ2) is 8.99. The SMILES string of the molecule is O=C(NCCC(=O)N1CCCCC1)c1ncccc1Oc1ccccc1. The topological polar surface area (TPSA) is 71.5 Å². The smallest absolute Gasteiger partial charge is 0.273 e. The number of ether oxygens (including phenoxy) is 1. The van der Waals surface area contributed by atoms with Crippen molar-refractivity contribution in [1.82, 2.24) is 15.2 Å². The fourth-order valence-corrected chi connectivity index (χ4v) is 2.93. The molecule has 2 aromatic rings. The highest BCUT2D eigenvalue weighted by Crippen LogP contribution is 2.23. The van der Waals surface area contributed by atoms with E-state index in [1.54, 1.807) is 18.3 Å². The molecule has 0 bridgehead atoms. The van der Waals surface area contributed by atoms with Crippen LogP contribution in [0, 0.1) is 0 Å². The normalized spacial score (nSPS) is 13.9. The third-order valence-corrected chi connectivity index (χ3v) is 4.29. The van der Waals surface area contributed by atoms with Crippen molar-refractivity contribution in [3.63, 3.8) is 0 Å². The maximum atomic E-state index is 12.4. The van der Waals surface area contributed by atoms with Crippen molar-refractivity contribution < 1.29 is 14.3 Å². The first-order chi connectivity index (χ1) is 12.7. The first-order valence-corrected chi connectivity index (χ1v) is 8.98. The number of amides is 2. The van der Waals surface area contributed by atoms with E-state index in [1.807, 2.05) is 35.2 Å². The Hall–Kier alpha value is -2.89. The van der Waals surface area contributed by atoms with Gasteiger partial charge in [-0.05, 0) is 43.5 Å². The van der Waals surface area contributed by atoms with Crippen molar-refractivity contribution in [1.29, 1.82) is 0 Å². The van der Waals surface area contributed by atoms with Gasteiger partial charge < -0.3 is 15.0 Å². The number of benzene rings is 1. The first kappa shape index (κ1) is 17.9. The number of hydrogen-bond donors (Lipinski definition) is 1. The summed E-state index contributed by atoms with van der Waals surface area (Å²) in [5, 5.41) is 2.77. The third-order valence-electron chi connectivity index (χ3n) is 4.29. The van der Waals surface area contributed by atoms with Gasteiger partial charge in [0.25, 0.3) is 5.91 Å². The number of piperidine rings is 1. The average Bonchev–Trinajstić information content (AvgIpc) is 2.69. The fraction of sp³-hybridized carbons (Fsp3) is 0.350. The van der Waals surface area contributed by atoms with Gasteiger partial charge in [0.15, 0.2) is 11.4 Å². The van der Waals surface area contributed by atoms with Gasteiger partial charge in [-0.15, -0.1) is 0 Å². The zero-order chi connectivity index (χ0) is 18.2. The molecule has 2 heterocycles. The molecule has 1 fully saturated rings. The van der Waals surface area contributed by atoms with Gasteiger partial charge in [0.05, 0.1) is 0 Å². The predicted octanol–water partition coefficient (Wildman–Crippen LogP) is 3.01. The van der Waals surface area contributed by atoms with Crippen LogP contribution in [-0.2, 0) is 4.79 Å². The van der Waals surface area contributed by atoms with Gasteiger partial charge in [0, 0.05) is 32.3 Å². The number of carbonyl (C=O) groups excluding carboxylic acids is 2. The Morgan fingerprint density at radius 1 is 1.04 bits per heavy atom. The number of hydrogen-bond acceptors (Lipinski definition) is 4. The van der Waals surface area contributed by atoms with E-state index in [-0.39, 0.29) is 24.1 Å². The van der Waals surface area contributed by atoms with Crippen LogP contribution in [0.3, 0.4) is 0 Å². The first-order valence-electron chi connectivity index (χ1n) is 8.98. The van der Waals surface area contributed by atoms with Gasteiger partial charge in [0.2, 0.25) is 5.91 Å². The van der Waals surface area contributed by atoms with E-state index in [2.05, 4.69) is 10.3 Å². The number of nitrogens with zero attached hydrogens (tertiary/aromatic N) is 2. The maximum Gasteiger partial charge on any atom is 0.273 e. The minimum atomic E-state index is -0.344. The minimum Gasteiger partial charge on any atom is -0.455 e. The van der Waals surface area contributed by atoms with Gasteiger partial charge in [-0.2, -0.15) is 0 Å². The molecule has 2 amide bonds. The van der Waals surface area contributed by atoms with E-state index in [4.69, 9.17) is 4.74 Å². The van der Waals surface area contributed by atoms with Crippen LogP contribution in [0.1, 0.15) is 36.2 Å². The van der Waals surface area contributed by atoms with Crippen molar-refractivity contribution in [2.75, 3.05) is 19.6 Å². The summed E-state index contributed by atoms with van der Waals surface area (Å²) in [6.45, 7) is 1.93. The highest BCUT2D eigenvalue weighted by molar-refractivity contribution is 5.95. The molecule has 0 atom stereocenters. The molecule has 0 saturated carbocycles. The third kappa shape index (κ3) is 4.81. The highest BCUT2D eigenvalue weighted by atomic mass is 16.5. The number of para-hydroxylation sites is 1. The molecule has 3 rings (SSSR count). The molecule has 1 aliphatic heterocycles. The molecule has 1 saturated heterocycles. The lowest BCUT2D eigenvalue weighted by molar-refractivity contribution is -0.131. The van der Waals surface area contributed by atoms with Gasteiger partial charge >= 0.3 is 0 Å². The lowest BCUT2D eigenvalue weighted by atomic mass is 10.1. The molecule has 1 aromatic carbocycles. The minimum absolute atomic E-state index is 0.0896. The Morgan fingerprint density at radius 3 is 2.58 bits per heavy atom. The molecule has 0 spiro atoms. The van der Waals surface area contributed by atoms with Gasteiger partial charge in [0.1, 0.15) is 5.75 Å². The van der Waals surface area contributed by atoms with Crippen LogP contribution < -0.4 is 10.1 Å². The van der Waals surface area contributed by atoms with E-state index in [1.165, 1.54) is 6.42 Å². The molecule has 1 aromatic heterocycles. The van der Waals surface area contributed by atoms with E-state index in [0.717, 1.165) is 25.9 Å². The number of rotatable bonds is 6. The molecular weight excluding hydrogens is 330 g/mol. The van der Waals surface area contributed by atoms with Gasteiger partial charge in [-0.3, -0.25) is 9.59 Å². The number of aromatic nitrogens is 1. The van der Waals surface area contributed by atoms with Crippen molar-refractivity contribution in [2.24, 2.45) is 0 Å². The van der Waals surface area contributed by atoms with E-state index >= 15 is 0 Å². The summed E-state index contributed by atoms with van der Waals surface area (Å²) >= 11 is 0. The molecule has 0 unspecified atom stereocenters. The number of pyridine rings is 1. The summed E-state index contributed by atoms with van der Waals surface area (Å²) in [4.78, 5) is 30.6. The lowest BCUT2D eigenvalue weighted by Gasteiger charge is -2.26. The summed E-state index contributed by atoms with van der Waals surface area (Å²) in [5.74, 6) is 0.767. The van der Waals surface area contributed by atoms with Crippen LogP contribution >= 0.6 is 0 Å². The van der Waals surface area contributed by atoms with Crippen LogP contribution in [0.25, 0.3) is 0 Å². The molecular formula is C20H23N3O3. The molecule has 1 N–H and O–H groups in total. The van der Waals surface area contributed by atoms with Crippen LogP contribution in [0.15, 0.2) is 48.7 Å². The highest BCUT2D eigenvalue weighted by Gasteiger charge is 2.18. The Bertz CT molecular complexity index is 743. The largest absolute Gasteiger partial charge is 0.455 e. The second-order valence-electron chi connectivity index (χ2n) is 6.21. The van der Waals surface area contributed by atoms with Crippen LogP contribution in [0.4, 0.5) is 0 Å². The van der Waals surface area contributed by atoms with E-state index in [0.29, 0.717) is 17.9 Å². The quantitative estimate of drug-likeness (QED) is 0.866. The molecule has 6 heteroatoms. The summed E-state index contributed by atoms with van der Waals surface area (Å²) < 4.78 is 5.75. The predicted molar refractivity (Wildman–Crippen MR) is 98.1 cm³/mol. The molecule has 0 aliphatic carbocycles. The Kier molecular flexibility index (Phi) is 6.19. The second-order valence-corrected chi connectivity index (χ2v) is 6.21. The molecule has 26 heavy (non-hydrogen) atoms. The molecule has 1 aliphatic rings. The van der Waals surface area contributed by atoms with E-state index in [9.17, 15) is 9.59 Å². The van der Waals surface area contributed by atoms with Gasteiger partial charge in [-0.1, -0.05) is 18.2 Å². The van der Waals surface area contributed by atoms with Crippen molar-refractivity contribution in [2.45, 2.75) is 25.7 Å². The van der Waals surface area contributed by atoms with Crippen LogP contribution in [0.2, 0.25) is 0 Å². The molecule has 0 radical (unpaired) electrons. The van der Waals surface area contributed by atoms with Gasteiger partial charge in [-0.25, -0.2) is 4.98 Å². The van der Waals surface area contributed by atoms with Crippen molar-refractivity contribution >= 4 is 11.8 Å². The summed E-state index contributed by atoms with van der Waals surface area (Å²) in [6, 6.07) is 12.7. The molecule has 6 nitrogen and oxygen atoms in total. The lowest BCUT2D eigenvalue weighted by Crippen LogP contribution is -2.37. The summed E-state index contributed by atoms with van der Waals surface area (Å²) in [6.07, 6.45) is 5.15. The van der Waals surface area contributed by atoms with Crippen LogP contribution in [-0.4, -0.2) is 41.3 Å². The Balaban J connectivity index is 1.55. The monoisotopic (exact) mass is 353 g/mol. The number of nitrogens with one attached hydrogen (secondary N) is 1. The zero-order valence-corrected chi connectivity index (χ0v) is 14.7. The maximum absolute atomic E-state index is 12.4. The number of likely N-dealkylation sites (tertiary alicyclic amines) is 1. The van der Waals surface area contributed by atoms with Crippen LogP contribution in [0.5, 0.6) is 11.5 Å². The van der Waals surface area contributed by atoms with Crippen molar-refractivity contribution in [3.05, 3.63) is 54.4 Å². The summed E-state index contributed by atoms with van der Waals surface area (Å²) in [7, 11) is 0. The average molecular weight is 353 g/mol. The van der Waals surface area contributed by atoms with E-state index < -0.39 is 0 Å². The fourth-order valence-electron chi connectivity index (χ4n) is 2.93. The number of carbonyl (C=O) groups is 2.